The molecule has 4 rings (SSSR count). The number of ether oxygens (including phenoxy) is 2. The average Bonchev–Trinajstić information content (AvgIpc) is 3.09. The molecule has 2 aliphatic rings. The van der Waals surface area contributed by atoms with E-state index < -0.39 is 0 Å². The van der Waals surface area contributed by atoms with E-state index in [4.69, 9.17) is 9.47 Å². The molecule has 0 amide bonds. The van der Waals surface area contributed by atoms with Gasteiger partial charge in [-0.3, -0.25) is 0 Å². The van der Waals surface area contributed by atoms with Crippen LogP contribution in [-0.4, -0.2) is 28.6 Å². The fourth-order valence-corrected chi connectivity index (χ4v) is 3.42. The van der Waals surface area contributed by atoms with Crippen molar-refractivity contribution in [1.29, 1.82) is 0 Å². The smallest absolute Gasteiger partial charge is 0.168 e. The summed E-state index contributed by atoms with van der Waals surface area (Å²) in [4.78, 5) is 0. The van der Waals surface area contributed by atoms with Crippen molar-refractivity contribution in [1.82, 2.24) is 9.61 Å². The highest BCUT2D eigenvalue weighted by Gasteiger charge is 2.40. The summed E-state index contributed by atoms with van der Waals surface area (Å²) in [5.74, 6) is 0.288. The Morgan fingerprint density at radius 1 is 1.11 bits per heavy atom. The van der Waals surface area contributed by atoms with Crippen LogP contribution < -0.4 is 0 Å². The highest BCUT2D eigenvalue weighted by Crippen LogP contribution is 2.42. The number of pyridine rings is 1. The highest BCUT2D eigenvalue weighted by atomic mass is 16.7. The molecule has 1 spiro atoms. The third-order valence-corrected chi connectivity index (χ3v) is 4.43. The van der Waals surface area contributed by atoms with Crippen LogP contribution in [0.25, 0.3) is 5.52 Å². The number of rotatable bonds is 1. The zero-order valence-electron chi connectivity index (χ0n) is 10.9. The van der Waals surface area contributed by atoms with E-state index in [-0.39, 0.29) is 5.79 Å². The highest BCUT2D eigenvalue weighted by molar-refractivity contribution is 5.46. The lowest BCUT2D eigenvalue weighted by atomic mass is 9.83. The molecule has 0 unspecified atom stereocenters. The number of hydrogen-bond acceptors (Lipinski definition) is 3. The van der Waals surface area contributed by atoms with Crippen molar-refractivity contribution in [3.8, 4) is 0 Å². The summed E-state index contributed by atoms with van der Waals surface area (Å²) in [6, 6.07) is 8.47. The molecule has 100 valence electrons. The van der Waals surface area contributed by atoms with Gasteiger partial charge in [-0.25, -0.2) is 4.52 Å². The summed E-state index contributed by atoms with van der Waals surface area (Å²) < 4.78 is 13.7. The molecule has 3 heterocycles. The Hall–Kier alpha value is -1.39. The molecule has 1 aliphatic carbocycles. The van der Waals surface area contributed by atoms with Gasteiger partial charge in [-0.2, -0.15) is 5.10 Å². The van der Waals surface area contributed by atoms with Crippen LogP contribution in [0.15, 0.2) is 30.5 Å². The van der Waals surface area contributed by atoms with E-state index in [0.717, 1.165) is 38.9 Å². The summed E-state index contributed by atoms with van der Waals surface area (Å²) in [5.41, 5.74) is 2.49. The molecule has 1 aliphatic heterocycles. The predicted molar refractivity (Wildman–Crippen MR) is 71.0 cm³/mol. The van der Waals surface area contributed by atoms with E-state index >= 15 is 0 Å². The van der Waals surface area contributed by atoms with Gasteiger partial charge < -0.3 is 9.47 Å². The Labute approximate surface area is 112 Å². The van der Waals surface area contributed by atoms with Gasteiger partial charge >= 0.3 is 0 Å². The number of nitrogens with zero attached hydrogens (tertiary/aromatic N) is 2. The van der Waals surface area contributed by atoms with Crippen molar-refractivity contribution < 1.29 is 9.47 Å². The van der Waals surface area contributed by atoms with E-state index in [2.05, 4.69) is 33.9 Å². The predicted octanol–water partition coefficient (Wildman–Crippen LogP) is 2.74. The fourth-order valence-electron chi connectivity index (χ4n) is 3.42. The minimum atomic E-state index is -0.269. The van der Waals surface area contributed by atoms with Gasteiger partial charge in [0.25, 0.3) is 0 Å². The van der Waals surface area contributed by atoms with Crippen LogP contribution in [0.3, 0.4) is 0 Å². The van der Waals surface area contributed by atoms with Gasteiger partial charge in [0, 0.05) is 30.7 Å². The third-order valence-electron chi connectivity index (χ3n) is 4.43. The van der Waals surface area contributed by atoms with E-state index in [9.17, 15) is 0 Å². The van der Waals surface area contributed by atoms with Gasteiger partial charge in [0.2, 0.25) is 0 Å². The van der Waals surface area contributed by atoms with Crippen molar-refractivity contribution in [2.75, 3.05) is 13.2 Å². The zero-order chi connectivity index (χ0) is 12.7. The van der Waals surface area contributed by atoms with Gasteiger partial charge in [-0.15, -0.1) is 0 Å². The van der Waals surface area contributed by atoms with Gasteiger partial charge in [0.1, 0.15) is 0 Å². The van der Waals surface area contributed by atoms with Crippen LogP contribution in [0.5, 0.6) is 0 Å². The summed E-state index contributed by atoms with van der Waals surface area (Å²) >= 11 is 0. The first-order valence-corrected chi connectivity index (χ1v) is 7.07. The molecular formula is C15H18N2O2. The second-order valence-electron chi connectivity index (χ2n) is 5.50. The molecule has 2 aromatic heterocycles. The Kier molecular flexibility index (Phi) is 2.60. The van der Waals surface area contributed by atoms with Crippen molar-refractivity contribution in [2.24, 2.45) is 0 Å². The lowest BCUT2D eigenvalue weighted by Crippen LogP contribution is -2.34. The maximum Gasteiger partial charge on any atom is 0.168 e. The topological polar surface area (TPSA) is 35.8 Å². The van der Waals surface area contributed by atoms with E-state index in [1.807, 2.05) is 6.20 Å². The van der Waals surface area contributed by atoms with E-state index in [1.54, 1.807) is 0 Å². The standard InChI is InChI=1S/C15H18N2O2/c1-2-13-6-9-16-17(13)14(3-1)12-4-7-15(8-5-12)18-10-11-19-15/h1-3,6,9,12H,4-5,7-8,10-11H2. The monoisotopic (exact) mass is 258 g/mol. The number of fused-ring (bicyclic) bond motifs is 1. The van der Waals surface area contributed by atoms with Gasteiger partial charge in [0.05, 0.1) is 18.7 Å². The summed E-state index contributed by atoms with van der Waals surface area (Å²) in [7, 11) is 0. The summed E-state index contributed by atoms with van der Waals surface area (Å²) in [6.45, 7) is 1.50. The molecule has 2 aromatic rings. The third kappa shape index (κ3) is 1.86. The van der Waals surface area contributed by atoms with Crippen molar-refractivity contribution in [3.63, 3.8) is 0 Å². The van der Waals surface area contributed by atoms with Gasteiger partial charge in [0.15, 0.2) is 5.79 Å². The van der Waals surface area contributed by atoms with E-state index in [1.165, 1.54) is 11.2 Å². The molecule has 19 heavy (non-hydrogen) atoms. The molecule has 4 heteroatoms. The molecule has 0 atom stereocenters. The normalized spacial score (nSPS) is 23.4. The zero-order valence-corrected chi connectivity index (χ0v) is 10.9. The quantitative estimate of drug-likeness (QED) is 0.789. The second-order valence-corrected chi connectivity index (χ2v) is 5.50. The second kappa shape index (κ2) is 4.32. The molecule has 0 radical (unpaired) electrons. The first kappa shape index (κ1) is 11.4. The summed E-state index contributed by atoms with van der Waals surface area (Å²) in [6.07, 6.45) is 6.08. The molecule has 1 saturated carbocycles. The molecule has 1 saturated heterocycles. The van der Waals surface area contributed by atoms with Crippen LogP contribution in [0.2, 0.25) is 0 Å². The minimum absolute atomic E-state index is 0.269. The maximum absolute atomic E-state index is 5.79. The maximum atomic E-state index is 5.79. The lowest BCUT2D eigenvalue weighted by Gasteiger charge is -2.35. The summed E-state index contributed by atoms with van der Waals surface area (Å²) in [5, 5.41) is 4.44. The van der Waals surface area contributed by atoms with Crippen LogP contribution in [-0.2, 0) is 9.47 Å². The Morgan fingerprint density at radius 3 is 2.68 bits per heavy atom. The first-order valence-electron chi connectivity index (χ1n) is 7.07. The van der Waals surface area contributed by atoms with Crippen LogP contribution in [0.1, 0.15) is 37.3 Å². The average molecular weight is 258 g/mol. The van der Waals surface area contributed by atoms with Crippen molar-refractivity contribution >= 4 is 5.52 Å². The molecule has 4 nitrogen and oxygen atoms in total. The SMILES string of the molecule is c1cc(C2CCC3(CC2)OCCO3)n2nccc2c1. The van der Waals surface area contributed by atoms with Crippen molar-refractivity contribution in [2.45, 2.75) is 37.4 Å². The van der Waals surface area contributed by atoms with Crippen LogP contribution >= 0.6 is 0 Å². The Morgan fingerprint density at radius 2 is 1.89 bits per heavy atom. The lowest BCUT2D eigenvalue weighted by molar-refractivity contribution is -0.179. The Balaban J connectivity index is 1.59. The van der Waals surface area contributed by atoms with Gasteiger partial charge in [-0.05, 0) is 31.0 Å². The number of aromatic nitrogens is 2. The van der Waals surface area contributed by atoms with Crippen LogP contribution in [0.4, 0.5) is 0 Å². The largest absolute Gasteiger partial charge is 0.348 e. The van der Waals surface area contributed by atoms with E-state index in [0.29, 0.717) is 5.92 Å². The molecular weight excluding hydrogens is 240 g/mol. The van der Waals surface area contributed by atoms with Gasteiger partial charge in [-0.1, -0.05) is 6.07 Å². The Bertz CT molecular complexity index is 577. The van der Waals surface area contributed by atoms with Crippen LogP contribution in [0, 0.1) is 0 Å². The number of hydrogen-bond donors (Lipinski definition) is 0. The fraction of sp³-hybridized carbons (Fsp3) is 0.533. The van der Waals surface area contributed by atoms with Crippen molar-refractivity contribution in [3.05, 3.63) is 36.2 Å². The molecule has 2 fully saturated rings. The molecule has 0 N–H and O–H groups in total. The minimum Gasteiger partial charge on any atom is -0.348 e. The molecule has 0 bridgehead atoms. The molecule has 0 aromatic carbocycles. The first-order chi connectivity index (χ1) is 9.36.